The normalized spacial score (nSPS) is 14.4. The van der Waals surface area contributed by atoms with Gasteiger partial charge >= 0.3 is 0 Å². The van der Waals surface area contributed by atoms with E-state index in [1.807, 2.05) is 13.8 Å². The lowest BCUT2D eigenvalue weighted by Crippen LogP contribution is -2.42. The Kier molecular flexibility index (Phi) is 7.98. The summed E-state index contributed by atoms with van der Waals surface area (Å²) in [6.45, 7) is 11.2. The average Bonchev–Trinajstić information content (AvgIpc) is 2.32. The van der Waals surface area contributed by atoms with Crippen molar-refractivity contribution in [3.05, 3.63) is 0 Å². The van der Waals surface area contributed by atoms with Crippen LogP contribution in [0.5, 0.6) is 0 Å². The molecular formula is C13H30N2O. The summed E-state index contributed by atoms with van der Waals surface area (Å²) in [7, 11) is 2.15. The molecule has 98 valence electrons. The molecule has 0 fully saturated rings. The topological polar surface area (TPSA) is 35.5 Å². The Bertz CT molecular complexity index is 169. The zero-order chi connectivity index (χ0) is 12.6. The molecule has 3 nitrogen and oxygen atoms in total. The van der Waals surface area contributed by atoms with Gasteiger partial charge in [-0.2, -0.15) is 0 Å². The van der Waals surface area contributed by atoms with Crippen LogP contribution in [0.1, 0.15) is 47.0 Å². The highest BCUT2D eigenvalue weighted by Gasteiger charge is 2.21. The molecule has 0 aromatic carbocycles. The summed E-state index contributed by atoms with van der Waals surface area (Å²) in [5.41, 5.74) is -0.519. The van der Waals surface area contributed by atoms with E-state index in [9.17, 15) is 5.11 Å². The van der Waals surface area contributed by atoms with Crippen molar-refractivity contribution in [2.24, 2.45) is 0 Å². The monoisotopic (exact) mass is 230 g/mol. The number of rotatable bonds is 9. The first-order valence-corrected chi connectivity index (χ1v) is 6.62. The smallest absolute Gasteiger partial charge is 0.0766 e. The minimum Gasteiger partial charge on any atom is -0.389 e. The largest absolute Gasteiger partial charge is 0.389 e. The third-order valence-electron chi connectivity index (χ3n) is 3.75. The number of hydrogen-bond donors (Lipinski definition) is 2. The summed E-state index contributed by atoms with van der Waals surface area (Å²) in [5, 5.41) is 13.4. The van der Waals surface area contributed by atoms with E-state index < -0.39 is 5.60 Å². The highest BCUT2D eigenvalue weighted by Crippen LogP contribution is 2.12. The van der Waals surface area contributed by atoms with Crippen molar-refractivity contribution in [1.82, 2.24) is 10.2 Å². The van der Waals surface area contributed by atoms with Gasteiger partial charge in [-0.05, 0) is 33.2 Å². The van der Waals surface area contributed by atoms with E-state index in [1.165, 1.54) is 6.42 Å². The highest BCUT2D eigenvalue weighted by atomic mass is 16.3. The molecule has 0 spiro atoms. The predicted molar refractivity (Wildman–Crippen MR) is 70.8 cm³/mol. The average molecular weight is 230 g/mol. The second-order valence-corrected chi connectivity index (χ2v) is 4.85. The lowest BCUT2D eigenvalue weighted by molar-refractivity contribution is 0.0321. The van der Waals surface area contributed by atoms with Gasteiger partial charge in [-0.25, -0.2) is 0 Å². The number of nitrogens with zero attached hydrogens (tertiary/aromatic N) is 1. The number of hydrogen-bond acceptors (Lipinski definition) is 3. The predicted octanol–water partition coefficient (Wildman–Crippen LogP) is 1.86. The van der Waals surface area contributed by atoms with Gasteiger partial charge in [0.25, 0.3) is 0 Å². The van der Waals surface area contributed by atoms with Crippen molar-refractivity contribution < 1.29 is 5.11 Å². The maximum atomic E-state index is 10.1. The number of nitrogens with one attached hydrogen (secondary N) is 1. The van der Waals surface area contributed by atoms with Crippen LogP contribution in [-0.4, -0.2) is 48.3 Å². The summed E-state index contributed by atoms with van der Waals surface area (Å²) >= 11 is 0. The van der Waals surface area contributed by atoms with Gasteiger partial charge in [0, 0.05) is 25.7 Å². The van der Waals surface area contributed by atoms with Crippen LogP contribution in [0.2, 0.25) is 0 Å². The Labute approximate surface area is 101 Å². The van der Waals surface area contributed by atoms with Crippen LogP contribution in [-0.2, 0) is 0 Å². The summed E-state index contributed by atoms with van der Waals surface area (Å²) < 4.78 is 0. The second-order valence-electron chi connectivity index (χ2n) is 4.85. The number of likely N-dealkylation sites (N-methyl/N-ethyl adjacent to an activating group) is 1. The van der Waals surface area contributed by atoms with Gasteiger partial charge in [-0.1, -0.05) is 20.8 Å². The summed E-state index contributed by atoms with van der Waals surface area (Å²) in [6.07, 6.45) is 2.82. The van der Waals surface area contributed by atoms with Gasteiger partial charge < -0.3 is 15.3 Å². The van der Waals surface area contributed by atoms with E-state index in [-0.39, 0.29) is 0 Å². The summed E-state index contributed by atoms with van der Waals surface area (Å²) in [5.74, 6) is 0. The quantitative estimate of drug-likeness (QED) is 0.594. The molecule has 0 saturated heterocycles. The van der Waals surface area contributed by atoms with E-state index >= 15 is 0 Å². The maximum Gasteiger partial charge on any atom is 0.0766 e. The van der Waals surface area contributed by atoms with Crippen LogP contribution in [0.3, 0.4) is 0 Å². The molecule has 2 N–H and O–H groups in total. The van der Waals surface area contributed by atoms with E-state index in [1.54, 1.807) is 0 Å². The molecule has 0 radical (unpaired) electrons. The molecule has 0 aliphatic heterocycles. The van der Waals surface area contributed by atoms with E-state index in [0.717, 1.165) is 25.9 Å². The van der Waals surface area contributed by atoms with Crippen molar-refractivity contribution in [2.75, 3.05) is 26.7 Å². The van der Waals surface area contributed by atoms with Crippen LogP contribution in [0.15, 0.2) is 0 Å². The van der Waals surface area contributed by atoms with Gasteiger partial charge in [0.1, 0.15) is 0 Å². The molecule has 0 aromatic heterocycles. The maximum absolute atomic E-state index is 10.1. The van der Waals surface area contributed by atoms with Gasteiger partial charge in [0.05, 0.1) is 5.60 Å². The third kappa shape index (κ3) is 5.83. The molecular weight excluding hydrogens is 200 g/mol. The van der Waals surface area contributed by atoms with Gasteiger partial charge in [0.2, 0.25) is 0 Å². The van der Waals surface area contributed by atoms with Crippen LogP contribution >= 0.6 is 0 Å². The molecule has 1 atom stereocenters. The first-order valence-electron chi connectivity index (χ1n) is 6.62. The Morgan fingerprint density at radius 3 is 2.25 bits per heavy atom. The fourth-order valence-corrected chi connectivity index (χ4v) is 1.61. The van der Waals surface area contributed by atoms with Gasteiger partial charge in [0.15, 0.2) is 0 Å². The van der Waals surface area contributed by atoms with Crippen LogP contribution in [0.4, 0.5) is 0 Å². The summed E-state index contributed by atoms with van der Waals surface area (Å²) in [4.78, 5) is 2.35. The molecule has 1 unspecified atom stereocenters. The van der Waals surface area contributed by atoms with Crippen molar-refractivity contribution in [3.63, 3.8) is 0 Å². The SMILES string of the molecule is CCC(C)N(C)CCNCC(O)(CC)CC. The van der Waals surface area contributed by atoms with Crippen LogP contribution in [0.25, 0.3) is 0 Å². The van der Waals surface area contributed by atoms with Gasteiger partial charge in [-0.3, -0.25) is 0 Å². The lowest BCUT2D eigenvalue weighted by atomic mass is 9.98. The van der Waals surface area contributed by atoms with Crippen LogP contribution in [0, 0.1) is 0 Å². The highest BCUT2D eigenvalue weighted by molar-refractivity contribution is 4.77. The molecule has 0 amide bonds. The first-order chi connectivity index (χ1) is 7.49. The first kappa shape index (κ1) is 15.9. The fourth-order valence-electron chi connectivity index (χ4n) is 1.61. The zero-order valence-corrected chi connectivity index (χ0v) is 11.7. The Balaban J connectivity index is 3.67. The Morgan fingerprint density at radius 1 is 1.25 bits per heavy atom. The molecule has 0 aliphatic carbocycles. The molecule has 0 heterocycles. The third-order valence-corrected chi connectivity index (χ3v) is 3.75. The molecule has 0 rings (SSSR count). The zero-order valence-electron chi connectivity index (χ0n) is 11.7. The second kappa shape index (κ2) is 8.04. The molecule has 16 heavy (non-hydrogen) atoms. The molecule has 3 heteroatoms. The number of aliphatic hydroxyl groups is 1. The molecule has 0 aromatic rings. The van der Waals surface area contributed by atoms with E-state index in [4.69, 9.17) is 0 Å². The van der Waals surface area contributed by atoms with Crippen LogP contribution < -0.4 is 5.32 Å². The van der Waals surface area contributed by atoms with Crippen molar-refractivity contribution >= 4 is 0 Å². The minimum atomic E-state index is -0.519. The van der Waals surface area contributed by atoms with E-state index in [0.29, 0.717) is 12.6 Å². The summed E-state index contributed by atoms with van der Waals surface area (Å²) in [6, 6.07) is 0.637. The van der Waals surface area contributed by atoms with Crippen molar-refractivity contribution in [3.8, 4) is 0 Å². The molecule has 0 bridgehead atoms. The standard InChI is InChI=1S/C13H30N2O/c1-6-12(4)15(5)10-9-14-11-13(16,7-2)8-3/h12,14,16H,6-11H2,1-5H3. The van der Waals surface area contributed by atoms with Gasteiger partial charge in [-0.15, -0.1) is 0 Å². The van der Waals surface area contributed by atoms with E-state index in [2.05, 4.69) is 31.1 Å². The van der Waals surface area contributed by atoms with Crippen molar-refractivity contribution in [1.29, 1.82) is 0 Å². The molecule has 0 saturated carbocycles. The fraction of sp³-hybridized carbons (Fsp3) is 1.00. The minimum absolute atomic E-state index is 0.519. The Hall–Kier alpha value is -0.120. The molecule has 0 aliphatic rings. The Morgan fingerprint density at radius 2 is 1.81 bits per heavy atom. The van der Waals surface area contributed by atoms with Crippen molar-refractivity contribution in [2.45, 2.75) is 58.6 Å². The lowest BCUT2D eigenvalue weighted by Gasteiger charge is -2.27.